The lowest BCUT2D eigenvalue weighted by molar-refractivity contribution is -0.327. The van der Waals surface area contributed by atoms with Crippen molar-refractivity contribution >= 4 is 0 Å². The van der Waals surface area contributed by atoms with Crippen LogP contribution in [0.4, 0.5) is 0 Å². The molecule has 16 unspecified atom stereocenters. The van der Waals surface area contributed by atoms with Gasteiger partial charge in [0.2, 0.25) is 0 Å². The molecule has 0 spiro atoms. The van der Waals surface area contributed by atoms with E-state index in [0.717, 1.165) is 38.5 Å². The normalized spacial score (nSPS) is 56.8. The molecule has 1 saturated heterocycles. The highest BCUT2D eigenvalue weighted by molar-refractivity contribution is 5.35. The zero-order valence-electron chi connectivity index (χ0n) is 28.2. The molecule has 1 heterocycles. The Balaban J connectivity index is 1.30. The maximum atomic E-state index is 12.2. The first-order valence-corrected chi connectivity index (χ1v) is 17.4. The Hall–Kier alpha value is -0.580. The summed E-state index contributed by atoms with van der Waals surface area (Å²) in [6.45, 7) is 18.2. The number of ether oxygens (including phenoxy) is 2. The monoisotopic (exact) mass is 620 g/mol. The van der Waals surface area contributed by atoms with E-state index in [0.29, 0.717) is 18.3 Å². The smallest absolute Gasteiger partial charge is 0.186 e. The van der Waals surface area contributed by atoms with Gasteiger partial charge < -0.3 is 40.1 Å². The first-order chi connectivity index (χ1) is 20.4. The first-order valence-electron chi connectivity index (χ1n) is 17.4. The molecule has 0 amide bonds. The van der Waals surface area contributed by atoms with Crippen molar-refractivity contribution in [2.75, 3.05) is 6.61 Å². The first kappa shape index (κ1) is 33.3. The van der Waals surface area contributed by atoms with Crippen LogP contribution in [-0.2, 0) is 9.47 Å². The van der Waals surface area contributed by atoms with E-state index in [-0.39, 0.29) is 51.6 Å². The van der Waals surface area contributed by atoms with Gasteiger partial charge in [-0.25, -0.2) is 0 Å². The minimum atomic E-state index is -1.48. The molecule has 0 aromatic rings. The lowest BCUT2D eigenvalue weighted by Gasteiger charge is -2.70. The van der Waals surface area contributed by atoms with Crippen molar-refractivity contribution in [2.45, 2.75) is 149 Å². The number of hydrogen-bond acceptors (Lipinski definition) is 8. The summed E-state index contributed by atoms with van der Waals surface area (Å²) in [7, 11) is 0. The maximum Gasteiger partial charge on any atom is 0.186 e. The fraction of sp³-hybridized carbons (Fsp3) is 0.944. The lowest BCUT2D eigenvalue weighted by Crippen LogP contribution is -2.66. The number of aliphatic hydroxyl groups is 6. The zero-order chi connectivity index (χ0) is 32.4. The molecule has 1 aliphatic heterocycles. The van der Waals surface area contributed by atoms with Gasteiger partial charge in [-0.2, -0.15) is 0 Å². The van der Waals surface area contributed by atoms with Crippen LogP contribution in [0.1, 0.15) is 100 Å². The SMILES string of the molecule is CC(C)C1CC(O)C2C1(C)CCC1(C)C3C(=CCC21C)C1(C)CCC(OC2OC(CO)C(O)C(O)C2O)C(C)(C)C1CC3O. The molecule has 8 nitrogen and oxygen atoms in total. The third kappa shape index (κ3) is 4.30. The van der Waals surface area contributed by atoms with Crippen LogP contribution in [0.3, 0.4) is 0 Å². The van der Waals surface area contributed by atoms with Gasteiger partial charge in [0.05, 0.1) is 24.9 Å². The Morgan fingerprint density at radius 1 is 0.864 bits per heavy atom. The lowest BCUT2D eigenvalue weighted by atomic mass is 9.35. The quantitative estimate of drug-likeness (QED) is 0.206. The molecule has 16 atom stereocenters. The molecule has 252 valence electrons. The summed E-state index contributed by atoms with van der Waals surface area (Å²) in [6, 6.07) is 0. The van der Waals surface area contributed by atoms with Crippen molar-refractivity contribution in [3.8, 4) is 0 Å². The van der Waals surface area contributed by atoms with E-state index in [9.17, 15) is 30.6 Å². The summed E-state index contributed by atoms with van der Waals surface area (Å²) in [4.78, 5) is 0. The van der Waals surface area contributed by atoms with Crippen LogP contribution in [0.2, 0.25) is 0 Å². The van der Waals surface area contributed by atoms with E-state index >= 15 is 0 Å². The standard InChI is InChI=1S/C36H60O8/c1-18(2)20-15-22(39)30-34(20,6)13-14-35(7)26-19(9-12-36(30,35)8)33(5)11-10-25(32(3,4)24(33)16-21(26)38)44-31-29(42)28(41)27(40)23(17-37)43-31/h9,18,20-31,37-42H,10-17H2,1-8H3. The van der Waals surface area contributed by atoms with E-state index < -0.39 is 48.8 Å². The highest BCUT2D eigenvalue weighted by atomic mass is 16.7. The summed E-state index contributed by atoms with van der Waals surface area (Å²) in [6.07, 6.45) is 0.966. The van der Waals surface area contributed by atoms with E-state index in [1.54, 1.807) is 0 Å². The van der Waals surface area contributed by atoms with Crippen molar-refractivity contribution in [2.24, 2.45) is 56.7 Å². The molecule has 0 aromatic carbocycles. The van der Waals surface area contributed by atoms with E-state index in [2.05, 4.69) is 61.5 Å². The van der Waals surface area contributed by atoms with Gasteiger partial charge >= 0.3 is 0 Å². The van der Waals surface area contributed by atoms with Crippen LogP contribution in [0, 0.1) is 56.7 Å². The van der Waals surface area contributed by atoms with Gasteiger partial charge in [-0.3, -0.25) is 0 Å². The Kier molecular flexibility index (Phi) is 8.11. The van der Waals surface area contributed by atoms with E-state index in [1.807, 2.05) is 0 Å². The van der Waals surface area contributed by atoms with Gasteiger partial charge in [0.15, 0.2) is 6.29 Å². The largest absolute Gasteiger partial charge is 0.394 e. The molecule has 5 fully saturated rings. The molecular weight excluding hydrogens is 560 g/mol. The minimum Gasteiger partial charge on any atom is -0.394 e. The number of allylic oxidation sites excluding steroid dienone is 1. The van der Waals surface area contributed by atoms with Crippen molar-refractivity contribution in [1.82, 2.24) is 0 Å². The summed E-state index contributed by atoms with van der Waals surface area (Å²) in [5.74, 6) is 1.39. The molecule has 6 N–H and O–H groups in total. The molecule has 5 aliphatic carbocycles. The molecule has 4 saturated carbocycles. The summed E-state index contributed by atoms with van der Waals surface area (Å²) in [5.41, 5.74) is 0.716. The second kappa shape index (κ2) is 10.7. The summed E-state index contributed by atoms with van der Waals surface area (Å²) >= 11 is 0. The topological polar surface area (TPSA) is 140 Å². The predicted molar refractivity (Wildman–Crippen MR) is 166 cm³/mol. The molecule has 0 aromatic heterocycles. The van der Waals surface area contributed by atoms with E-state index in [1.165, 1.54) is 5.57 Å². The molecule has 44 heavy (non-hydrogen) atoms. The van der Waals surface area contributed by atoms with Gasteiger partial charge in [0.1, 0.15) is 24.4 Å². The number of fused-ring (bicyclic) bond motifs is 7. The Bertz CT molecular complexity index is 1140. The minimum absolute atomic E-state index is 0.0380. The van der Waals surface area contributed by atoms with Gasteiger partial charge in [-0.1, -0.05) is 67.0 Å². The van der Waals surface area contributed by atoms with Gasteiger partial charge in [-0.05, 0) is 95.7 Å². The van der Waals surface area contributed by atoms with Crippen molar-refractivity contribution in [3.05, 3.63) is 11.6 Å². The van der Waals surface area contributed by atoms with Crippen LogP contribution in [0.5, 0.6) is 0 Å². The fourth-order valence-electron chi connectivity index (χ4n) is 12.8. The second-order valence-electron chi connectivity index (χ2n) is 17.8. The van der Waals surface area contributed by atoms with Crippen molar-refractivity contribution in [3.63, 3.8) is 0 Å². The number of hydrogen-bond donors (Lipinski definition) is 6. The predicted octanol–water partition coefficient (Wildman–Crippen LogP) is 3.79. The Labute approximate surface area is 264 Å². The Morgan fingerprint density at radius 3 is 2.18 bits per heavy atom. The third-order valence-electron chi connectivity index (χ3n) is 15.3. The third-order valence-corrected chi connectivity index (χ3v) is 15.3. The molecule has 6 aliphatic rings. The Morgan fingerprint density at radius 2 is 1.55 bits per heavy atom. The molecule has 6 rings (SSSR count). The average Bonchev–Trinajstić information content (AvgIpc) is 3.23. The van der Waals surface area contributed by atoms with E-state index in [4.69, 9.17) is 9.47 Å². The number of rotatable bonds is 4. The molecule has 0 bridgehead atoms. The molecular formula is C36H60O8. The summed E-state index contributed by atoms with van der Waals surface area (Å²) < 4.78 is 12.2. The van der Waals surface area contributed by atoms with Crippen LogP contribution < -0.4 is 0 Å². The highest BCUT2D eigenvalue weighted by Crippen LogP contribution is 2.76. The maximum absolute atomic E-state index is 12.2. The van der Waals surface area contributed by atoms with Crippen LogP contribution in [0.15, 0.2) is 11.6 Å². The molecule has 8 heteroatoms. The van der Waals surface area contributed by atoms with Crippen molar-refractivity contribution in [1.29, 1.82) is 0 Å². The van der Waals surface area contributed by atoms with Gasteiger partial charge in [0.25, 0.3) is 0 Å². The van der Waals surface area contributed by atoms with Gasteiger partial charge in [0, 0.05) is 5.92 Å². The molecule has 0 radical (unpaired) electrons. The van der Waals surface area contributed by atoms with Crippen LogP contribution in [0.25, 0.3) is 0 Å². The van der Waals surface area contributed by atoms with Crippen LogP contribution >= 0.6 is 0 Å². The second-order valence-corrected chi connectivity index (χ2v) is 17.8. The number of aliphatic hydroxyl groups excluding tert-OH is 6. The van der Waals surface area contributed by atoms with Gasteiger partial charge in [-0.15, -0.1) is 0 Å². The highest BCUT2D eigenvalue weighted by Gasteiger charge is 2.71. The zero-order valence-corrected chi connectivity index (χ0v) is 28.2. The summed E-state index contributed by atoms with van der Waals surface area (Å²) in [5, 5.41) is 64.9. The van der Waals surface area contributed by atoms with Crippen LogP contribution in [-0.4, -0.2) is 86.3 Å². The van der Waals surface area contributed by atoms with Crippen molar-refractivity contribution < 1.29 is 40.1 Å². The fourth-order valence-corrected chi connectivity index (χ4v) is 12.8. The average molecular weight is 621 g/mol.